The summed E-state index contributed by atoms with van der Waals surface area (Å²) in [5.41, 5.74) is 2.97. The number of allylic oxidation sites excluding steroid dienone is 2. The van der Waals surface area contributed by atoms with E-state index in [9.17, 15) is 14.4 Å². The molecule has 0 N–H and O–H groups in total. The van der Waals surface area contributed by atoms with E-state index >= 15 is 0 Å². The first-order valence-corrected chi connectivity index (χ1v) is 11.2. The summed E-state index contributed by atoms with van der Waals surface area (Å²) in [4.78, 5) is 42.2. The van der Waals surface area contributed by atoms with Crippen LogP contribution in [0.5, 0.6) is 5.75 Å². The zero-order chi connectivity index (χ0) is 22.0. The summed E-state index contributed by atoms with van der Waals surface area (Å²) in [7, 11) is 0. The van der Waals surface area contributed by atoms with Crippen molar-refractivity contribution in [2.45, 2.75) is 77.2 Å². The average molecular weight is 424 g/mol. The van der Waals surface area contributed by atoms with Gasteiger partial charge < -0.3 is 9.47 Å². The van der Waals surface area contributed by atoms with Crippen LogP contribution in [-0.4, -0.2) is 29.5 Å². The minimum atomic E-state index is -0.623. The lowest BCUT2D eigenvalue weighted by atomic mass is 9.71. The summed E-state index contributed by atoms with van der Waals surface area (Å²) in [6.07, 6.45) is 7.05. The van der Waals surface area contributed by atoms with Gasteiger partial charge in [-0.25, -0.2) is 0 Å². The Bertz CT molecular complexity index is 937. The minimum Gasteiger partial charge on any atom is -0.462 e. The Labute approximate surface area is 182 Å². The van der Waals surface area contributed by atoms with Gasteiger partial charge in [-0.15, -0.1) is 0 Å². The van der Waals surface area contributed by atoms with Gasteiger partial charge in [0.25, 0.3) is 0 Å². The number of hydrogen-bond donors (Lipinski definition) is 0. The van der Waals surface area contributed by atoms with Gasteiger partial charge in [-0.3, -0.25) is 19.4 Å². The van der Waals surface area contributed by atoms with Crippen LogP contribution in [0.25, 0.3) is 0 Å². The van der Waals surface area contributed by atoms with Gasteiger partial charge in [0.2, 0.25) is 0 Å². The van der Waals surface area contributed by atoms with Crippen molar-refractivity contribution in [1.82, 2.24) is 0 Å². The molecule has 4 rings (SSSR count). The fourth-order valence-corrected chi connectivity index (χ4v) is 5.00. The van der Waals surface area contributed by atoms with Crippen LogP contribution in [-0.2, 0) is 19.1 Å². The maximum atomic E-state index is 13.3. The van der Waals surface area contributed by atoms with Gasteiger partial charge in [0.15, 0.2) is 5.78 Å². The quantitative estimate of drug-likeness (QED) is 0.519. The molecule has 1 unspecified atom stereocenters. The van der Waals surface area contributed by atoms with Crippen molar-refractivity contribution in [2.24, 2.45) is 10.9 Å². The third-order valence-corrected chi connectivity index (χ3v) is 6.42. The Balaban J connectivity index is 1.69. The summed E-state index contributed by atoms with van der Waals surface area (Å²) in [5.74, 6) is -1.25. The van der Waals surface area contributed by atoms with Crippen LogP contribution in [0.3, 0.4) is 0 Å². The summed E-state index contributed by atoms with van der Waals surface area (Å²) in [5, 5.41) is 0. The number of carbonyl (C=O) groups excluding carboxylic acids is 3. The molecule has 1 aromatic carbocycles. The fourth-order valence-electron chi connectivity index (χ4n) is 5.00. The number of rotatable bonds is 4. The van der Waals surface area contributed by atoms with E-state index in [0.717, 1.165) is 49.8 Å². The first-order valence-electron chi connectivity index (χ1n) is 11.2. The summed E-state index contributed by atoms with van der Waals surface area (Å²) in [6.45, 7) is 3.21. The summed E-state index contributed by atoms with van der Waals surface area (Å²) in [6, 6.07) is 7.06. The van der Waals surface area contributed by atoms with Crippen LogP contribution in [0.2, 0.25) is 0 Å². The van der Waals surface area contributed by atoms with Crippen LogP contribution in [0.1, 0.15) is 76.7 Å². The van der Waals surface area contributed by atoms with E-state index in [0.29, 0.717) is 23.5 Å². The monoisotopic (exact) mass is 423 g/mol. The lowest BCUT2D eigenvalue weighted by Gasteiger charge is -2.35. The molecule has 3 aliphatic rings. The highest BCUT2D eigenvalue weighted by Gasteiger charge is 2.43. The van der Waals surface area contributed by atoms with E-state index in [1.54, 1.807) is 12.1 Å². The molecule has 6 nitrogen and oxygen atoms in total. The topological polar surface area (TPSA) is 82.0 Å². The normalized spacial score (nSPS) is 24.3. The van der Waals surface area contributed by atoms with Crippen molar-refractivity contribution in [2.75, 3.05) is 0 Å². The van der Waals surface area contributed by atoms with Crippen molar-refractivity contribution in [3.8, 4) is 5.75 Å². The highest BCUT2D eigenvalue weighted by Crippen LogP contribution is 2.44. The molecule has 1 saturated carbocycles. The molecule has 0 spiro atoms. The predicted molar refractivity (Wildman–Crippen MR) is 116 cm³/mol. The van der Waals surface area contributed by atoms with Crippen LogP contribution < -0.4 is 4.74 Å². The second-order valence-corrected chi connectivity index (χ2v) is 8.71. The molecular weight excluding hydrogens is 394 g/mol. The Morgan fingerprint density at radius 3 is 2.39 bits per heavy atom. The second-order valence-electron chi connectivity index (χ2n) is 8.71. The van der Waals surface area contributed by atoms with Crippen molar-refractivity contribution < 1.29 is 23.9 Å². The van der Waals surface area contributed by atoms with E-state index in [1.165, 1.54) is 13.3 Å². The number of hydrogen-bond acceptors (Lipinski definition) is 6. The zero-order valence-electron chi connectivity index (χ0n) is 18.2. The molecule has 0 radical (unpaired) electrons. The molecule has 0 bridgehead atoms. The second kappa shape index (κ2) is 9.16. The Kier molecular flexibility index (Phi) is 6.35. The van der Waals surface area contributed by atoms with Crippen LogP contribution in [0, 0.1) is 5.92 Å². The molecule has 0 saturated heterocycles. The maximum Gasteiger partial charge on any atom is 0.315 e. The number of nitrogens with zero attached hydrogens (tertiary/aromatic N) is 1. The molecule has 0 aromatic heterocycles. The van der Waals surface area contributed by atoms with Gasteiger partial charge in [0, 0.05) is 36.2 Å². The van der Waals surface area contributed by atoms with Crippen LogP contribution in [0.4, 0.5) is 0 Å². The predicted octanol–water partition coefficient (Wildman–Crippen LogP) is 4.67. The number of benzene rings is 1. The lowest BCUT2D eigenvalue weighted by molar-refractivity contribution is -0.153. The van der Waals surface area contributed by atoms with Crippen molar-refractivity contribution in [3.05, 3.63) is 41.1 Å². The third-order valence-electron chi connectivity index (χ3n) is 6.42. The molecule has 164 valence electrons. The van der Waals surface area contributed by atoms with Gasteiger partial charge in [0.1, 0.15) is 17.8 Å². The van der Waals surface area contributed by atoms with Gasteiger partial charge in [-0.1, -0.05) is 18.6 Å². The lowest BCUT2D eigenvalue weighted by Crippen LogP contribution is -2.38. The van der Waals surface area contributed by atoms with E-state index in [1.807, 2.05) is 19.1 Å². The molecule has 6 heteroatoms. The Morgan fingerprint density at radius 2 is 1.71 bits per heavy atom. The Hall–Kier alpha value is -2.76. The van der Waals surface area contributed by atoms with Crippen molar-refractivity contribution in [1.29, 1.82) is 0 Å². The summed E-state index contributed by atoms with van der Waals surface area (Å²) < 4.78 is 11.1. The van der Waals surface area contributed by atoms with Gasteiger partial charge in [-0.05, 0) is 63.1 Å². The molecular formula is C25H29NO5. The number of carbonyl (C=O) groups is 3. The molecule has 2 atom stereocenters. The molecule has 2 aliphatic carbocycles. The highest BCUT2D eigenvalue weighted by atomic mass is 16.5. The van der Waals surface area contributed by atoms with E-state index in [-0.39, 0.29) is 17.9 Å². The minimum absolute atomic E-state index is 0.0570. The Morgan fingerprint density at radius 1 is 1.00 bits per heavy atom. The van der Waals surface area contributed by atoms with Gasteiger partial charge in [0.05, 0.1) is 0 Å². The molecule has 1 heterocycles. The van der Waals surface area contributed by atoms with E-state index in [4.69, 9.17) is 9.47 Å². The van der Waals surface area contributed by atoms with E-state index < -0.39 is 17.8 Å². The number of Topliss-reactive ketones (excluding diaryl/α,β-unsaturated/α-hetero) is 1. The van der Waals surface area contributed by atoms with Crippen molar-refractivity contribution >= 4 is 23.4 Å². The number of ketones is 1. The standard InChI is InChI=1S/C25H29NO5/c1-15-22(25(29)31-18-7-4-3-5-8-18)23(24-20(26-15)9-6-10-21(24)28)17-11-13-19(14-12-17)30-16(2)27/h11-14,18,22-23H,3-10H2,1-2H3/t22?,23-/m1/s1. The van der Waals surface area contributed by atoms with Gasteiger partial charge in [-0.2, -0.15) is 0 Å². The van der Waals surface area contributed by atoms with Crippen LogP contribution in [0.15, 0.2) is 40.5 Å². The number of aliphatic imine (C=N–C) groups is 1. The van der Waals surface area contributed by atoms with Gasteiger partial charge >= 0.3 is 11.9 Å². The molecule has 0 amide bonds. The van der Waals surface area contributed by atoms with Crippen LogP contribution >= 0.6 is 0 Å². The molecule has 31 heavy (non-hydrogen) atoms. The zero-order valence-corrected chi connectivity index (χ0v) is 18.2. The largest absolute Gasteiger partial charge is 0.462 e. The third kappa shape index (κ3) is 4.63. The molecule has 1 aromatic rings. The summed E-state index contributed by atoms with van der Waals surface area (Å²) >= 11 is 0. The first kappa shape index (κ1) is 21.5. The van der Waals surface area contributed by atoms with E-state index in [2.05, 4.69) is 4.99 Å². The smallest absolute Gasteiger partial charge is 0.315 e. The average Bonchev–Trinajstić information content (AvgIpc) is 2.74. The maximum absolute atomic E-state index is 13.3. The number of esters is 2. The highest BCUT2D eigenvalue weighted by molar-refractivity contribution is 6.08. The fraction of sp³-hybridized carbons (Fsp3) is 0.520. The number of ether oxygens (including phenoxy) is 2. The molecule has 1 aliphatic heterocycles. The van der Waals surface area contributed by atoms with Crippen molar-refractivity contribution in [3.63, 3.8) is 0 Å². The molecule has 1 fully saturated rings. The first-order chi connectivity index (χ1) is 14.9. The SMILES string of the molecule is CC(=O)Oc1ccc([C@H]2C3=C(CCCC3=O)N=C(C)C2C(=O)OC2CCCCC2)cc1.